The van der Waals surface area contributed by atoms with E-state index in [9.17, 15) is 9.59 Å². The molecule has 6 nitrogen and oxygen atoms in total. The summed E-state index contributed by atoms with van der Waals surface area (Å²) >= 11 is 0. The van der Waals surface area contributed by atoms with Crippen LogP contribution in [0, 0.1) is 5.92 Å². The molecule has 3 aromatic rings. The lowest BCUT2D eigenvalue weighted by atomic mass is 10.1. The predicted molar refractivity (Wildman–Crippen MR) is 106 cm³/mol. The molecule has 2 aromatic carbocycles. The number of carbonyl (C=O) groups excluding carboxylic acids is 2. The van der Waals surface area contributed by atoms with Crippen LogP contribution >= 0.6 is 0 Å². The highest BCUT2D eigenvalue weighted by atomic mass is 16.5. The Bertz CT molecular complexity index is 1100. The van der Waals surface area contributed by atoms with Crippen LogP contribution in [0.4, 0.5) is 11.4 Å². The number of anilines is 2. The van der Waals surface area contributed by atoms with Crippen LogP contribution in [0.1, 0.15) is 29.0 Å². The lowest BCUT2D eigenvalue weighted by Crippen LogP contribution is -2.30. The highest BCUT2D eigenvalue weighted by Crippen LogP contribution is 2.37. The fraction of sp³-hybridized carbons (Fsp3) is 0.273. The van der Waals surface area contributed by atoms with Gasteiger partial charge in [-0.3, -0.25) is 9.59 Å². The number of nitrogens with one attached hydrogen (secondary N) is 1. The third-order valence-electron chi connectivity index (χ3n) is 5.38. The van der Waals surface area contributed by atoms with Crippen molar-refractivity contribution < 1.29 is 18.7 Å². The van der Waals surface area contributed by atoms with E-state index in [1.54, 1.807) is 19.2 Å². The Labute approximate surface area is 162 Å². The van der Waals surface area contributed by atoms with Gasteiger partial charge >= 0.3 is 0 Å². The molecule has 6 heteroatoms. The fourth-order valence-corrected chi connectivity index (χ4v) is 3.74. The quantitative estimate of drug-likeness (QED) is 0.747. The van der Waals surface area contributed by atoms with E-state index in [1.165, 1.54) is 0 Å². The summed E-state index contributed by atoms with van der Waals surface area (Å²) in [6, 6.07) is 12.9. The van der Waals surface area contributed by atoms with Crippen molar-refractivity contribution in [2.45, 2.75) is 19.3 Å². The summed E-state index contributed by atoms with van der Waals surface area (Å²) in [5.41, 5.74) is 3.23. The normalized spacial score (nSPS) is 15.5. The number of ether oxygens (including phenoxy) is 1. The highest BCUT2D eigenvalue weighted by molar-refractivity contribution is 6.06. The maximum atomic E-state index is 12.7. The van der Waals surface area contributed by atoms with Crippen LogP contribution in [-0.4, -0.2) is 25.5 Å². The molecular weight excluding hydrogens is 356 g/mol. The summed E-state index contributed by atoms with van der Waals surface area (Å²) in [6.45, 7) is 0.714. The van der Waals surface area contributed by atoms with Gasteiger partial charge < -0.3 is 19.4 Å². The van der Waals surface area contributed by atoms with Crippen molar-refractivity contribution >= 4 is 34.2 Å². The first kappa shape index (κ1) is 16.9. The van der Waals surface area contributed by atoms with E-state index in [1.807, 2.05) is 35.2 Å². The second kappa shape index (κ2) is 6.41. The molecule has 1 fully saturated rings. The summed E-state index contributed by atoms with van der Waals surface area (Å²) in [5, 5.41) is 3.68. The van der Waals surface area contributed by atoms with Gasteiger partial charge in [0.05, 0.1) is 7.11 Å². The summed E-state index contributed by atoms with van der Waals surface area (Å²) in [4.78, 5) is 27.0. The number of para-hydroxylation sites is 1. The molecule has 0 bridgehead atoms. The second-order valence-electron chi connectivity index (χ2n) is 7.30. The molecule has 1 aliphatic carbocycles. The van der Waals surface area contributed by atoms with E-state index in [0.717, 1.165) is 35.9 Å². The highest BCUT2D eigenvalue weighted by Gasteiger charge is 2.36. The number of amides is 2. The zero-order valence-electron chi connectivity index (χ0n) is 15.5. The first-order chi connectivity index (χ1) is 13.6. The zero-order valence-corrected chi connectivity index (χ0v) is 15.5. The SMILES string of the molecule is COc1cccc2cc(C(=O)Nc3ccc4c(c3)N(C(=O)C3CC3)CC4)oc12. The fourth-order valence-electron chi connectivity index (χ4n) is 3.74. The van der Waals surface area contributed by atoms with E-state index in [-0.39, 0.29) is 23.5 Å². The van der Waals surface area contributed by atoms with Crippen LogP contribution in [-0.2, 0) is 11.2 Å². The topological polar surface area (TPSA) is 71.8 Å². The standard InChI is InChI=1S/C22H20N2O4/c1-27-18-4-2-3-15-11-19(28-20(15)18)21(25)23-16-8-7-13-9-10-24(17(13)12-16)22(26)14-5-6-14/h2-4,7-8,11-12,14H,5-6,9-10H2,1H3,(H,23,25). The number of nitrogens with zero attached hydrogens (tertiary/aromatic N) is 1. The minimum absolute atomic E-state index is 0.176. The van der Waals surface area contributed by atoms with Gasteiger partial charge in [0, 0.05) is 29.2 Å². The molecule has 1 aromatic heterocycles. The summed E-state index contributed by atoms with van der Waals surface area (Å²) in [6.07, 6.45) is 2.82. The number of benzene rings is 2. The average molecular weight is 376 g/mol. The number of furan rings is 1. The molecule has 2 heterocycles. The first-order valence-corrected chi connectivity index (χ1v) is 9.46. The Morgan fingerprint density at radius 2 is 2.04 bits per heavy atom. The Morgan fingerprint density at radius 1 is 1.18 bits per heavy atom. The van der Waals surface area contributed by atoms with Crippen molar-refractivity contribution in [1.82, 2.24) is 0 Å². The number of hydrogen-bond acceptors (Lipinski definition) is 4. The molecule has 0 radical (unpaired) electrons. The Balaban J connectivity index is 1.40. The number of carbonyl (C=O) groups is 2. The minimum Gasteiger partial charge on any atom is -0.493 e. The van der Waals surface area contributed by atoms with Crippen molar-refractivity contribution in [3.8, 4) is 5.75 Å². The van der Waals surface area contributed by atoms with Gasteiger partial charge in [-0.2, -0.15) is 0 Å². The van der Waals surface area contributed by atoms with Gasteiger partial charge in [0.1, 0.15) is 0 Å². The first-order valence-electron chi connectivity index (χ1n) is 9.46. The molecule has 0 unspecified atom stereocenters. The third-order valence-corrected chi connectivity index (χ3v) is 5.38. The van der Waals surface area contributed by atoms with E-state index >= 15 is 0 Å². The minimum atomic E-state index is -0.337. The molecule has 0 atom stereocenters. The van der Waals surface area contributed by atoms with E-state index < -0.39 is 0 Å². The van der Waals surface area contributed by atoms with Crippen LogP contribution in [0.2, 0.25) is 0 Å². The second-order valence-corrected chi connectivity index (χ2v) is 7.30. The number of methoxy groups -OCH3 is 1. The molecule has 142 valence electrons. The molecule has 0 saturated heterocycles. The van der Waals surface area contributed by atoms with Gasteiger partial charge in [-0.25, -0.2) is 0 Å². The van der Waals surface area contributed by atoms with E-state index in [0.29, 0.717) is 23.6 Å². The van der Waals surface area contributed by atoms with Gasteiger partial charge in [0.25, 0.3) is 5.91 Å². The van der Waals surface area contributed by atoms with Gasteiger partial charge in [-0.1, -0.05) is 18.2 Å². The van der Waals surface area contributed by atoms with Crippen molar-refractivity contribution in [1.29, 1.82) is 0 Å². The maximum absolute atomic E-state index is 12.7. The van der Waals surface area contributed by atoms with Gasteiger partial charge in [0.2, 0.25) is 5.91 Å². The smallest absolute Gasteiger partial charge is 0.291 e. The Hall–Kier alpha value is -3.28. The van der Waals surface area contributed by atoms with Crippen LogP contribution in [0.5, 0.6) is 5.75 Å². The van der Waals surface area contributed by atoms with Gasteiger partial charge in [-0.05, 0) is 49.1 Å². The maximum Gasteiger partial charge on any atom is 0.291 e. The molecule has 5 rings (SSSR count). The van der Waals surface area contributed by atoms with E-state index in [4.69, 9.17) is 9.15 Å². The average Bonchev–Trinajstić information content (AvgIpc) is 3.32. The van der Waals surface area contributed by atoms with Crippen LogP contribution < -0.4 is 15.0 Å². The van der Waals surface area contributed by atoms with Crippen molar-refractivity contribution in [3.05, 3.63) is 53.8 Å². The van der Waals surface area contributed by atoms with Crippen molar-refractivity contribution in [3.63, 3.8) is 0 Å². The van der Waals surface area contributed by atoms with Crippen LogP contribution in [0.3, 0.4) is 0 Å². The third kappa shape index (κ3) is 2.81. The summed E-state index contributed by atoms with van der Waals surface area (Å²) in [5.74, 6) is 0.840. The molecule has 1 N–H and O–H groups in total. The number of fused-ring (bicyclic) bond motifs is 2. The number of rotatable bonds is 4. The van der Waals surface area contributed by atoms with E-state index in [2.05, 4.69) is 5.32 Å². The number of hydrogen-bond donors (Lipinski definition) is 1. The molecule has 2 amide bonds. The molecule has 28 heavy (non-hydrogen) atoms. The lowest BCUT2D eigenvalue weighted by Gasteiger charge is -2.17. The molecule has 2 aliphatic rings. The Kier molecular flexibility index (Phi) is 3.86. The molecule has 1 aliphatic heterocycles. The monoisotopic (exact) mass is 376 g/mol. The van der Waals surface area contributed by atoms with Crippen molar-refractivity contribution in [2.75, 3.05) is 23.9 Å². The Morgan fingerprint density at radius 3 is 2.82 bits per heavy atom. The van der Waals surface area contributed by atoms with Crippen LogP contribution in [0.25, 0.3) is 11.0 Å². The lowest BCUT2D eigenvalue weighted by molar-refractivity contribution is -0.119. The molecule has 0 spiro atoms. The van der Waals surface area contributed by atoms with Crippen molar-refractivity contribution in [2.24, 2.45) is 5.92 Å². The van der Waals surface area contributed by atoms with Crippen LogP contribution in [0.15, 0.2) is 46.9 Å². The molecular formula is C22H20N2O4. The largest absolute Gasteiger partial charge is 0.493 e. The zero-order chi connectivity index (χ0) is 19.3. The predicted octanol–water partition coefficient (Wildman–Crippen LogP) is 3.99. The molecule has 1 saturated carbocycles. The summed E-state index contributed by atoms with van der Waals surface area (Å²) < 4.78 is 11.0. The van der Waals surface area contributed by atoms with Gasteiger partial charge in [-0.15, -0.1) is 0 Å². The summed E-state index contributed by atoms with van der Waals surface area (Å²) in [7, 11) is 1.57. The van der Waals surface area contributed by atoms with Gasteiger partial charge in [0.15, 0.2) is 17.1 Å².